The molecule has 0 aromatic carbocycles. The van der Waals surface area contributed by atoms with Gasteiger partial charge in [0.15, 0.2) is 5.76 Å². The number of rotatable bonds is 4. The molecular weight excluding hydrogens is 234 g/mol. The van der Waals surface area contributed by atoms with Crippen LogP contribution >= 0.6 is 0 Å². The van der Waals surface area contributed by atoms with Crippen molar-refractivity contribution in [1.29, 1.82) is 0 Å². The number of amides is 2. The molecule has 0 unspecified atom stereocenters. The van der Waals surface area contributed by atoms with Crippen LogP contribution < -0.4 is 10.6 Å². The standard InChI is InChI=1S/C12H11N3O3/c16-11(15-9-3-1-5-13-7-9)8-14-12(17)10-4-2-6-18-10/h1-7H,8H2,(H,14,17)(H,15,16). The quantitative estimate of drug-likeness (QED) is 0.843. The fourth-order valence-corrected chi connectivity index (χ4v) is 1.30. The number of carbonyl (C=O) groups excluding carboxylic acids is 2. The van der Waals surface area contributed by atoms with Gasteiger partial charge in [-0.15, -0.1) is 0 Å². The van der Waals surface area contributed by atoms with Crippen LogP contribution in [0.2, 0.25) is 0 Å². The fraction of sp³-hybridized carbons (Fsp3) is 0.0833. The Morgan fingerprint density at radius 1 is 1.28 bits per heavy atom. The summed E-state index contributed by atoms with van der Waals surface area (Å²) in [6.07, 6.45) is 4.52. The molecule has 18 heavy (non-hydrogen) atoms. The molecule has 0 spiro atoms. The van der Waals surface area contributed by atoms with E-state index in [2.05, 4.69) is 15.6 Å². The average molecular weight is 245 g/mol. The third-order valence-corrected chi connectivity index (χ3v) is 2.10. The van der Waals surface area contributed by atoms with Gasteiger partial charge < -0.3 is 15.1 Å². The normalized spacial score (nSPS) is 9.78. The number of nitrogens with zero attached hydrogens (tertiary/aromatic N) is 1. The Hall–Kier alpha value is -2.63. The van der Waals surface area contributed by atoms with E-state index in [0.717, 1.165) is 0 Å². The molecule has 0 aliphatic rings. The van der Waals surface area contributed by atoms with Gasteiger partial charge in [0.25, 0.3) is 5.91 Å². The van der Waals surface area contributed by atoms with Gasteiger partial charge in [0, 0.05) is 6.20 Å². The van der Waals surface area contributed by atoms with Crippen molar-refractivity contribution in [2.75, 3.05) is 11.9 Å². The van der Waals surface area contributed by atoms with E-state index >= 15 is 0 Å². The molecule has 2 rings (SSSR count). The van der Waals surface area contributed by atoms with Gasteiger partial charge in [0.05, 0.1) is 24.7 Å². The highest BCUT2D eigenvalue weighted by Gasteiger charge is 2.09. The Balaban J connectivity index is 1.80. The molecule has 0 aliphatic heterocycles. The molecule has 6 heteroatoms. The van der Waals surface area contributed by atoms with E-state index < -0.39 is 5.91 Å². The van der Waals surface area contributed by atoms with Crippen molar-refractivity contribution in [2.24, 2.45) is 0 Å². The van der Waals surface area contributed by atoms with Crippen molar-refractivity contribution >= 4 is 17.5 Å². The molecule has 2 heterocycles. The predicted molar refractivity (Wildman–Crippen MR) is 63.9 cm³/mol. The maximum Gasteiger partial charge on any atom is 0.287 e. The van der Waals surface area contributed by atoms with E-state index in [9.17, 15) is 9.59 Å². The van der Waals surface area contributed by atoms with Crippen LogP contribution in [0.15, 0.2) is 47.3 Å². The molecule has 2 amide bonds. The Bertz CT molecular complexity index is 523. The Labute approximate surface area is 103 Å². The molecule has 0 bridgehead atoms. The summed E-state index contributed by atoms with van der Waals surface area (Å²) in [7, 11) is 0. The highest BCUT2D eigenvalue weighted by molar-refractivity contribution is 5.97. The van der Waals surface area contributed by atoms with Gasteiger partial charge in [0.1, 0.15) is 0 Å². The topological polar surface area (TPSA) is 84.2 Å². The van der Waals surface area contributed by atoms with Crippen LogP contribution in [0.1, 0.15) is 10.6 Å². The summed E-state index contributed by atoms with van der Waals surface area (Å²) in [6, 6.07) is 6.54. The summed E-state index contributed by atoms with van der Waals surface area (Å²) in [5.41, 5.74) is 0.578. The smallest absolute Gasteiger partial charge is 0.287 e. The van der Waals surface area contributed by atoms with E-state index in [1.165, 1.54) is 18.5 Å². The summed E-state index contributed by atoms with van der Waals surface area (Å²) in [6.45, 7) is -0.131. The maximum atomic E-state index is 11.5. The number of nitrogens with one attached hydrogen (secondary N) is 2. The lowest BCUT2D eigenvalue weighted by atomic mass is 10.4. The second kappa shape index (κ2) is 5.62. The van der Waals surface area contributed by atoms with Crippen LogP contribution in [0.5, 0.6) is 0 Å². The van der Waals surface area contributed by atoms with Crippen molar-refractivity contribution in [3.05, 3.63) is 48.7 Å². The number of hydrogen-bond acceptors (Lipinski definition) is 4. The lowest BCUT2D eigenvalue weighted by Gasteiger charge is -2.05. The molecule has 2 aromatic rings. The molecule has 0 aliphatic carbocycles. The number of pyridine rings is 1. The third-order valence-electron chi connectivity index (χ3n) is 2.10. The van der Waals surface area contributed by atoms with Gasteiger partial charge in [-0.3, -0.25) is 14.6 Å². The molecule has 6 nitrogen and oxygen atoms in total. The van der Waals surface area contributed by atoms with Crippen molar-refractivity contribution in [3.63, 3.8) is 0 Å². The largest absolute Gasteiger partial charge is 0.459 e. The summed E-state index contributed by atoms with van der Waals surface area (Å²) < 4.78 is 4.89. The monoisotopic (exact) mass is 245 g/mol. The first-order valence-electron chi connectivity index (χ1n) is 5.27. The fourth-order valence-electron chi connectivity index (χ4n) is 1.30. The number of anilines is 1. The van der Waals surface area contributed by atoms with E-state index in [0.29, 0.717) is 5.69 Å². The minimum Gasteiger partial charge on any atom is -0.459 e. The number of carbonyl (C=O) groups is 2. The van der Waals surface area contributed by atoms with E-state index in [1.54, 1.807) is 24.4 Å². The summed E-state index contributed by atoms with van der Waals surface area (Å²) >= 11 is 0. The minimum atomic E-state index is -0.429. The summed E-state index contributed by atoms with van der Waals surface area (Å²) in [5.74, 6) is -0.589. The Morgan fingerprint density at radius 3 is 2.83 bits per heavy atom. The maximum absolute atomic E-state index is 11.5. The molecule has 2 N–H and O–H groups in total. The minimum absolute atomic E-state index is 0.131. The zero-order valence-electron chi connectivity index (χ0n) is 9.42. The SMILES string of the molecule is O=C(CNC(=O)c1ccco1)Nc1cccnc1. The average Bonchev–Trinajstić information content (AvgIpc) is 2.91. The first-order valence-corrected chi connectivity index (χ1v) is 5.27. The summed E-state index contributed by atoms with van der Waals surface area (Å²) in [4.78, 5) is 26.8. The predicted octanol–water partition coefficient (Wildman–Crippen LogP) is 1.04. The third kappa shape index (κ3) is 3.18. The molecule has 0 saturated carbocycles. The van der Waals surface area contributed by atoms with Crippen molar-refractivity contribution in [2.45, 2.75) is 0 Å². The lowest BCUT2D eigenvalue weighted by molar-refractivity contribution is -0.115. The van der Waals surface area contributed by atoms with Crippen molar-refractivity contribution in [3.8, 4) is 0 Å². The van der Waals surface area contributed by atoms with E-state index in [-0.39, 0.29) is 18.2 Å². The van der Waals surface area contributed by atoms with Gasteiger partial charge >= 0.3 is 0 Å². The van der Waals surface area contributed by atoms with Crippen molar-refractivity contribution < 1.29 is 14.0 Å². The van der Waals surface area contributed by atoms with Crippen LogP contribution in [0, 0.1) is 0 Å². The van der Waals surface area contributed by atoms with Gasteiger partial charge in [-0.1, -0.05) is 0 Å². The molecule has 0 saturated heterocycles. The Morgan fingerprint density at radius 2 is 2.17 bits per heavy atom. The number of furan rings is 1. The summed E-state index contributed by atoms with van der Waals surface area (Å²) in [5, 5.41) is 5.04. The zero-order chi connectivity index (χ0) is 12.8. The molecule has 2 aromatic heterocycles. The van der Waals surface area contributed by atoms with Gasteiger partial charge in [-0.05, 0) is 24.3 Å². The number of aromatic nitrogens is 1. The molecule has 0 atom stereocenters. The van der Waals surface area contributed by atoms with Gasteiger partial charge in [-0.2, -0.15) is 0 Å². The number of hydrogen-bond donors (Lipinski definition) is 2. The first kappa shape index (κ1) is 11.8. The van der Waals surface area contributed by atoms with Crippen LogP contribution in [0.4, 0.5) is 5.69 Å². The second-order valence-corrected chi connectivity index (χ2v) is 3.45. The second-order valence-electron chi connectivity index (χ2n) is 3.45. The molecular formula is C12H11N3O3. The van der Waals surface area contributed by atoms with Crippen LogP contribution in [0.25, 0.3) is 0 Å². The van der Waals surface area contributed by atoms with E-state index in [4.69, 9.17) is 4.42 Å². The van der Waals surface area contributed by atoms with Gasteiger partial charge in [0.2, 0.25) is 5.91 Å². The van der Waals surface area contributed by atoms with Crippen LogP contribution in [-0.4, -0.2) is 23.3 Å². The zero-order valence-corrected chi connectivity index (χ0v) is 9.42. The van der Waals surface area contributed by atoms with E-state index in [1.807, 2.05) is 0 Å². The molecule has 0 fully saturated rings. The van der Waals surface area contributed by atoms with Crippen LogP contribution in [0.3, 0.4) is 0 Å². The van der Waals surface area contributed by atoms with Crippen molar-refractivity contribution in [1.82, 2.24) is 10.3 Å². The Kier molecular flexibility index (Phi) is 3.70. The molecule has 92 valence electrons. The highest BCUT2D eigenvalue weighted by Crippen LogP contribution is 2.02. The van der Waals surface area contributed by atoms with Crippen LogP contribution in [-0.2, 0) is 4.79 Å². The lowest BCUT2D eigenvalue weighted by Crippen LogP contribution is -2.32. The molecule has 0 radical (unpaired) electrons. The first-order chi connectivity index (χ1) is 8.75. The van der Waals surface area contributed by atoms with Gasteiger partial charge in [-0.25, -0.2) is 0 Å². The highest BCUT2D eigenvalue weighted by atomic mass is 16.3.